The van der Waals surface area contributed by atoms with E-state index >= 15 is 0 Å². The van der Waals surface area contributed by atoms with Crippen LogP contribution in [0.25, 0.3) is 11.3 Å². The first-order valence-corrected chi connectivity index (χ1v) is 15.2. The first kappa shape index (κ1) is 32.4. The van der Waals surface area contributed by atoms with Crippen LogP contribution in [0.2, 0.25) is 0 Å². The summed E-state index contributed by atoms with van der Waals surface area (Å²) in [6.45, 7) is 8.39. The van der Waals surface area contributed by atoms with Gasteiger partial charge in [-0.1, -0.05) is 58.9 Å². The highest BCUT2D eigenvalue weighted by Gasteiger charge is 2.27. The number of amides is 2. The van der Waals surface area contributed by atoms with E-state index in [2.05, 4.69) is 31.4 Å². The predicted molar refractivity (Wildman–Crippen MR) is 161 cm³/mol. The van der Waals surface area contributed by atoms with Crippen LogP contribution in [0, 0.1) is 11.8 Å². The van der Waals surface area contributed by atoms with E-state index in [0.717, 1.165) is 24.1 Å². The van der Waals surface area contributed by atoms with Gasteiger partial charge in [0.2, 0.25) is 5.91 Å². The van der Waals surface area contributed by atoms with Crippen molar-refractivity contribution in [2.45, 2.75) is 104 Å². The number of rotatable bonds is 15. The minimum absolute atomic E-state index is 0.000891. The molecule has 3 N–H and O–H groups in total. The molecule has 0 aliphatic heterocycles. The van der Waals surface area contributed by atoms with Gasteiger partial charge in [0.15, 0.2) is 5.69 Å². The molecule has 0 saturated heterocycles. The molecule has 0 bridgehead atoms. The molecule has 3 rings (SSSR count). The summed E-state index contributed by atoms with van der Waals surface area (Å²) in [5.74, 6) is 1.66. The molecule has 1 saturated carbocycles. The van der Waals surface area contributed by atoms with Crippen LogP contribution in [-0.2, 0) is 4.79 Å². The second-order valence-corrected chi connectivity index (χ2v) is 11.7. The van der Waals surface area contributed by atoms with Crippen molar-refractivity contribution < 1.29 is 24.2 Å². The van der Waals surface area contributed by atoms with Gasteiger partial charge in [-0.2, -0.15) is 5.10 Å². The summed E-state index contributed by atoms with van der Waals surface area (Å²) < 4.78 is 13.2. The lowest BCUT2D eigenvalue weighted by Crippen LogP contribution is -2.41. The summed E-state index contributed by atoms with van der Waals surface area (Å²) in [6.07, 6.45) is 8.03. The van der Waals surface area contributed by atoms with Crippen molar-refractivity contribution in [2.75, 3.05) is 20.8 Å². The smallest absolute Gasteiger partial charge is 0.272 e. The van der Waals surface area contributed by atoms with E-state index < -0.39 is 6.10 Å². The van der Waals surface area contributed by atoms with E-state index in [4.69, 9.17) is 14.6 Å². The van der Waals surface area contributed by atoms with Gasteiger partial charge in [0, 0.05) is 19.0 Å². The molecule has 1 aromatic heterocycles. The van der Waals surface area contributed by atoms with Crippen LogP contribution in [0.4, 0.5) is 0 Å². The van der Waals surface area contributed by atoms with Gasteiger partial charge in [-0.15, -0.1) is 0 Å². The number of methoxy groups -OCH3 is 2. The van der Waals surface area contributed by atoms with Gasteiger partial charge in [0.05, 0.1) is 37.6 Å². The Labute approximate surface area is 245 Å². The minimum atomic E-state index is -0.577. The van der Waals surface area contributed by atoms with Gasteiger partial charge in [-0.25, -0.2) is 0 Å². The molecule has 0 spiro atoms. The number of benzene rings is 1. The Bertz CT molecular complexity index is 1100. The topological polar surface area (TPSA) is 115 Å². The normalized spacial score (nSPS) is 16.2. The molecular formula is C32H50N4O5. The number of nitrogens with zero attached hydrogens (tertiary/aromatic N) is 2. The molecule has 1 unspecified atom stereocenters. The number of aromatic nitrogens is 2. The molecule has 1 heterocycles. The van der Waals surface area contributed by atoms with Gasteiger partial charge in [0.25, 0.3) is 5.91 Å². The maximum Gasteiger partial charge on any atom is 0.272 e. The molecule has 3 atom stereocenters. The lowest BCUT2D eigenvalue weighted by Gasteiger charge is -2.24. The second-order valence-electron chi connectivity index (χ2n) is 11.7. The predicted octanol–water partition coefficient (Wildman–Crippen LogP) is 5.52. The molecule has 1 aliphatic rings. The van der Waals surface area contributed by atoms with Crippen molar-refractivity contribution in [3.63, 3.8) is 0 Å². The second kappa shape index (κ2) is 15.8. The highest BCUT2D eigenvalue weighted by atomic mass is 16.5. The molecule has 0 radical (unpaired) electrons. The Morgan fingerprint density at radius 1 is 1.10 bits per heavy atom. The van der Waals surface area contributed by atoms with Crippen LogP contribution in [-0.4, -0.2) is 59.6 Å². The quantitative estimate of drug-likeness (QED) is 0.260. The first-order chi connectivity index (χ1) is 19.7. The molecule has 1 aromatic carbocycles. The lowest BCUT2D eigenvalue weighted by molar-refractivity contribution is -0.122. The van der Waals surface area contributed by atoms with Crippen LogP contribution in [0.1, 0.15) is 102 Å². The molecule has 228 valence electrons. The van der Waals surface area contributed by atoms with Gasteiger partial charge in [-0.3, -0.25) is 14.3 Å². The SMILES string of the molecule is CC[C@@H](O)CNC(=O)C[C@H](CCC1CCCCC1)NC(=O)c1cc(-c2c(OC)cccc2OC)n(C(C)C(C)C)n1. The standard InChI is InChI=1S/C32H50N4O5/c1-7-25(37)20-33-30(38)18-24(17-16-23-12-9-8-10-13-23)34-32(39)26-19-27(36(35-26)22(4)21(2)3)31-28(40-5)14-11-15-29(31)41-6/h11,14-15,19,21-25,37H,7-10,12-13,16-18,20H2,1-6H3,(H,33,38)(H,34,39)/t22?,24-,25+/m0/s1. The van der Waals surface area contributed by atoms with E-state index in [1.54, 1.807) is 20.3 Å². The number of ether oxygens (including phenoxy) is 2. The van der Waals surface area contributed by atoms with E-state index in [-0.39, 0.29) is 48.5 Å². The van der Waals surface area contributed by atoms with Crippen LogP contribution in [0.5, 0.6) is 11.5 Å². The minimum Gasteiger partial charge on any atom is -0.496 e. The zero-order valence-corrected chi connectivity index (χ0v) is 25.7. The van der Waals surface area contributed by atoms with Gasteiger partial charge < -0.3 is 25.2 Å². The highest BCUT2D eigenvalue weighted by molar-refractivity contribution is 5.94. The zero-order valence-electron chi connectivity index (χ0n) is 25.7. The summed E-state index contributed by atoms with van der Waals surface area (Å²) in [7, 11) is 3.22. The van der Waals surface area contributed by atoms with Gasteiger partial charge in [0.1, 0.15) is 11.5 Å². The van der Waals surface area contributed by atoms with E-state index in [1.807, 2.05) is 29.8 Å². The number of carbonyl (C=O) groups excluding carboxylic acids is 2. The largest absolute Gasteiger partial charge is 0.496 e. The number of hydrogen-bond acceptors (Lipinski definition) is 6. The van der Waals surface area contributed by atoms with Gasteiger partial charge in [-0.05, 0) is 56.2 Å². The summed E-state index contributed by atoms with van der Waals surface area (Å²) in [6, 6.07) is 7.04. The van der Waals surface area contributed by atoms with E-state index in [9.17, 15) is 14.7 Å². The Hall–Kier alpha value is -3.07. The number of hydrogen-bond donors (Lipinski definition) is 3. The number of carbonyl (C=O) groups is 2. The molecule has 1 aliphatic carbocycles. The number of aliphatic hydroxyl groups is 1. The number of nitrogens with one attached hydrogen (secondary N) is 2. The fraction of sp³-hybridized carbons (Fsp3) is 0.656. The molecule has 2 aromatic rings. The van der Waals surface area contributed by atoms with Gasteiger partial charge >= 0.3 is 0 Å². The highest BCUT2D eigenvalue weighted by Crippen LogP contribution is 2.40. The molecule has 9 heteroatoms. The molecule has 1 fully saturated rings. The first-order valence-electron chi connectivity index (χ1n) is 15.2. The maximum absolute atomic E-state index is 13.7. The molecule has 9 nitrogen and oxygen atoms in total. The Kier molecular flexibility index (Phi) is 12.5. The fourth-order valence-corrected chi connectivity index (χ4v) is 5.46. The Morgan fingerprint density at radius 2 is 1.76 bits per heavy atom. The summed E-state index contributed by atoms with van der Waals surface area (Å²) >= 11 is 0. The maximum atomic E-state index is 13.7. The van der Waals surface area contributed by atoms with Crippen molar-refractivity contribution >= 4 is 11.8 Å². The Balaban J connectivity index is 1.88. The lowest BCUT2D eigenvalue weighted by atomic mass is 9.85. The van der Waals surface area contributed by atoms with Crippen LogP contribution in [0.3, 0.4) is 0 Å². The summed E-state index contributed by atoms with van der Waals surface area (Å²) in [4.78, 5) is 26.4. The van der Waals surface area contributed by atoms with E-state index in [1.165, 1.54) is 32.1 Å². The average molecular weight is 571 g/mol. The van der Waals surface area contributed by atoms with E-state index in [0.29, 0.717) is 23.8 Å². The molecular weight excluding hydrogens is 520 g/mol. The average Bonchev–Trinajstić information content (AvgIpc) is 3.43. The summed E-state index contributed by atoms with van der Waals surface area (Å²) in [5.41, 5.74) is 1.75. The monoisotopic (exact) mass is 570 g/mol. The molecule has 41 heavy (non-hydrogen) atoms. The molecule has 2 amide bonds. The third kappa shape index (κ3) is 8.96. The van der Waals surface area contributed by atoms with Crippen molar-refractivity contribution in [1.29, 1.82) is 0 Å². The van der Waals surface area contributed by atoms with Crippen LogP contribution < -0.4 is 20.1 Å². The number of aliphatic hydroxyl groups excluding tert-OH is 1. The van der Waals surface area contributed by atoms with Crippen molar-refractivity contribution in [3.8, 4) is 22.8 Å². The van der Waals surface area contributed by atoms with Crippen molar-refractivity contribution in [3.05, 3.63) is 30.0 Å². The Morgan fingerprint density at radius 3 is 2.34 bits per heavy atom. The van der Waals surface area contributed by atoms with Crippen molar-refractivity contribution in [1.82, 2.24) is 20.4 Å². The fourth-order valence-electron chi connectivity index (χ4n) is 5.46. The summed E-state index contributed by atoms with van der Waals surface area (Å²) in [5, 5.41) is 20.6. The third-order valence-electron chi connectivity index (χ3n) is 8.42. The van der Waals surface area contributed by atoms with Crippen LogP contribution in [0.15, 0.2) is 24.3 Å². The third-order valence-corrected chi connectivity index (χ3v) is 8.42. The van der Waals surface area contributed by atoms with Crippen LogP contribution >= 0.6 is 0 Å². The zero-order chi connectivity index (χ0) is 29.9. The van der Waals surface area contributed by atoms with Crippen molar-refractivity contribution in [2.24, 2.45) is 11.8 Å².